The van der Waals surface area contributed by atoms with Gasteiger partial charge in [-0.3, -0.25) is 0 Å². The number of nitrogens with one attached hydrogen (secondary N) is 2. The highest BCUT2D eigenvalue weighted by Gasteiger charge is 1.92. The van der Waals surface area contributed by atoms with Crippen LogP contribution in [0.1, 0.15) is 19.8 Å². The molecule has 0 aromatic rings. The van der Waals surface area contributed by atoms with E-state index in [4.69, 9.17) is 18.9 Å². The van der Waals surface area contributed by atoms with Crippen LogP contribution < -0.4 is 10.6 Å². The summed E-state index contributed by atoms with van der Waals surface area (Å²) in [6.07, 6.45) is 11.4. The van der Waals surface area contributed by atoms with E-state index in [0.29, 0.717) is 39.6 Å². The molecule has 0 amide bonds. The predicted molar refractivity (Wildman–Crippen MR) is 103 cm³/mol. The smallest absolute Gasteiger partial charge is 0.111 e. The zero-order valence-electron chi connectivity index (χ0n) is 16.1. The van der Waals surface area contributed by atoms with Crippen molar-refractivity contribution in [3.05, 3.63) is 36.3 Å². The van der Waals surface area contributed by atoms with E-state index in [2.05, 4.69) is 10.6 Å². The summed E-state index contributed by atoms with van der Waals surface area (Å²) in [5.41, 5.74) is 1.15. The standard InChI is InChI=1S/C19H36N2O4/c1-19(18-25-17-16-23-12-7-5-10-21-3)8-13-24-15-14-22-11-6-4-9-20-2/h6-8,11-12,20-21H,4-5,9-10,13-18H2,1-3H3/b11-6?,12-7?,19-8-. The second-order valence-corrected chi connectivity index (χ2v) is 5.45. The van der Waals surface area contributed by atoms with Crippen molar-refractivity contribution in [2.45, 2.75) is 19.8 Å². The van der Waals surface area contributed by atoms with E-state index in [-0.39, 0.29) is 0 Å². The molecule has 0 fully saturated rings. The molecule has 0 radical (unpaired) electrons. The Bertz CT molecular complexity index is 357. The van der Waals surface area contributed by atoms with Crippen molar-refractivity contribution in [2.75, 3.05) is 66.8 Å². The lowest BCUT2D eigenvalue weighted by Gasteiger charge is -2.05. The molecule has 0 aliphatic carbocycles. The molecule has 0 spiro atoms. The van der Waals surface area contributed by atoms with Crippen LogP contribution in [0.4, 0.5) is 0 Å². The topological polar surface area (TPSA) is 61.0 Å². The van der Waals surface area contributed by atoms with Crippen molar-refractivity contribution in [2.24, 2.45) is 0 Å². The number of hydrogen-bond acceptors (Lipinski definition) is 6. The van der Waals surface area contributed by atoms with Gasteiger partial charge in [0, 0.05) is 0 Å². The van der Waals surface area contributed by atoms with Crippen molar-refractivity contribution in [3.8, 4) is 0 Å². The highest BCUT2D eigenvalue weighted by atomic mass is 16.5. The molecule has 0 rings (SSSR count). The SMILES string of the molecule is CNCCC=COCCOC/C=C(/C)COCCOC=CCCNC. The maximum absolute atomic E-state index is 5.53. The monoisotopic (exact) mass is 356 g/mol. The minimum Gasteiger partial charge on any atom is -0.499 e. The predicted octanol–water partition coefficient (Wildman–Crippen LogP) is 2.25. The van der Waals surface area contributed by atoms with Crippen molar-refractivity contribution in [1.82, 2.24) is 10.6 Å². The molecule has 0 unspecified atom stereocenters. The summed E-state index contributed by atoms with van der Waals surface area (Å²) in [7, 11) is 3.87. The molecule has 0 heterocycles. The van der Waals surface area contributed by atoms with Gasteiger partial charge < -0.3 is 29.6 Å². The van der Waals surface area contributed by atoms with Crippen LogP contribution in [0.3, 0.4) is 0 Å². The number of ether oxygens (including phenoxy) is 4. The largest absolute Gasteiger partial charge is 0.499 e. The van der Waals surface area contributed by atoms with Crippen molar-refractivity contribution < 1.29 is 18.9 Å². The van der Waals surface area contributed by atoms with Crippen LogP contribution in [0, 0.1) is 0 Å². The zero-order chi connectivity index (χ0) is 18.4. The Labute approximate surface area is 153 Å². The fraction of sp³-hybridized carbons (Fsp3) is 0.684. The van der Waals surface area contributed by atoms with Crippen LogP contribution in [-0.2, 0) is 18.9 Å². The first-order valence-electron chi connectivity index (χ1n) is 8.94. The second-order valence-electron chi connectivity index (χ2n) is 5.45. The van der Waals surface area contributed by atoms with Gasteiger partial charge in [-0.2, -0.15) is 0 Å². The Morgan fingerprint density at radius 2 is 1.36 bits per heavy atom. The molecule has 0 aromatic carbocycles. The number of rotatable bonds is 18. The number of hydrogen-bond donors (Lipinski definition) is 2. The lowest BCUT2D eigenvalue weighted by atomic mass is 10.3. The molecule has 0 aliphatic heterocycles. The third kappa shape index (κ3) is 20.6. The summed E-state index contributed by atoms with van der Waals surface area (Å²) in [6, 6.07) is 0. The van der Waals surface area contributed by atoms with E-state index in [1.54, 1.807) is 12.5 Å². The van der Waals surface area contributed by atoms with Gasteiger partial charge in [-0.15, -0.1) is 0 Å². The van der Waals surface area contributed by atoms with E-state index in [0.717, 1.165) is 31.5 Å². The van der Waals surface area contributed by atoms with Gasteiger partial charge in [-0.05, 0) is 64.7 Å². The van der Waals surface area contributed by atoms with Gasteiger partial charge in [0.15, 0.2) is 0 Å². The molecule has 25 heavy (non-hydrogen) atoms. The van der Waals surface area contributed by atoms with Crippen LogP contribution in [0.15, 0.2) is 36.3 Å². The average molecular weight is 357 g/mol. The van der Waals surface area contributed by atoms with E-state index in [1.165, 1.54) is 0 Å². The van der Waals surface area contributed by atoms with Gasteiger partial charge in [-0.1, -0.05) is 6.08 Å². The first kappa shape index (κ1) is 23.7. The highest BCUT2D eigenvalue weighted by Crippen LogP contribution is 1.95. The van der Waals surface area contributed by atoms with E-state index in [9.17, 15) is 0 Å². The van der Waals surface area contributed by atoms with Gasteiger partial charge in [0.05, 0.1) is 39.0 Å². The molecule has 146 valence electrons. The summed E-state index contributed by atoms with van der Waals surface area (Å²) in [6.45, 7) is 7.42. The molecule has 6 heteroatoms. The fourth-order valence-corrected chi connectivity index (χ4v) is 1.65. The van der Waals surface area contributed by atoms with E-state index in [1.807, 2.05) is 39.2 Å². The Morgan fingerprint density at radius 1 is 0.800 bits per heavy atom. The van der Waals surface area contributed by atoms with Gasteiger partial charge in [-0.25, -0.2) is 0 Å². The average Bonchev–Trinajstić information content (AvgIpc) is 2.62. The Balaban J connectivity index is 3.36. The third-order valence-corrected chi connectivity index (χ3v) is 3.08. The lowest BCUT2D eigenvalue weighted by molar-refractivity contribution is 0.0940. The van der Waals surface area contributed by atoms with Gasteiger partial charge in [0.25, 0.3) is 0 Å². The molecule has 0 saturated heterocycles. The van der Waals surface area contributed by atoms with Crippen molar-refractivity contribution in [3.63, 3.8) is 0 Å². The maximum Gasteiger partial charge on any atom is 0.111 e. The van der Waals surface area contributed by atoms with Crippen LogP contribution in [0.5, 0.6) is 0 Å². The minimum absolute atomic E-state index is 0.568. The van der Waals surface area contributed by atoms with E-state index >= 15 is 0 Å². The molecule has 0 bridgehead atoms. The Morgan fingerprint density at radius 3 is 1.92 bits per heavy atom. The van der Waals surface area contributed by atoms with Crippen LogP contribution in [-0.4, -0.2) is 66.8 Å². The fourth-order valence-electron chi connectivity index (χ4n) is 1.65. The molecular formula is C19H36N2O4. The molecule has 2 N–H and O–H groups in total. The van der Waals surface area contributed by atoms with Crippen LogP contribution >= 0.6 is 0 Å². The second kappa shape index (κ2) is 20.7. The zero-order valence-corrected chi connectivity index (χ0v) is 16.1. The van der Waals surface area contributed by atoms with Gasteiger partial charge in [0.1, 0.15) is 13.2 Å². The lowest BCUT2D eigenvalue weighted by Crippen LogP contribution is -2.06. The van der Waals surface area contributed by atoms with Crippen LogP contribution in [0.2, 0.25) is 0 Å². The normalized spacial score (nSPS) is 12.4. The quantitative estimate of drug-likeness (QED) is 0.223. The molecule has 0 aromatic heterocycles. The molecular weight excluding hydrogens is 320 g/mol. The summed E-state index contributed by atoms with van der Waals surface area (Å²) in [4.78, 5) is 0. The Hall–Kier alpha value is -1.34. The van der Waals surface area contributed by atoms with Gasteiger partial charge in [0.2, 0.25) is 0 Å². The Kier molecular flexibility index (Phi) is 19.6. The minimum atomic E-state index is 0.568. The molecule has 0 aliphatic rings. The maximum atomic E-state index is 5.53. The molecule has 0 atom stereocenters. The van der Waals surface area contributed by atoms with Gasteiger partial charge >= 0.3 is 0 Å². The summed E-state index contributed by atoms with van der Waals surface area (Å²) in [5.74, 6) is 0. The van der Waals surface area contributed by atoms with E-state index < -0.39 is 0 Å². The first-order chi connectivity index (χ1) is 12.3. The molecule has 6 nitrogen and oxygen atoms in total. The van der Waals surface area contributed by atoms with Crippen molar-refractivity contribution >= 4 is 0 Å². The summed E-state index contributed by atoms with van der Waals surface area (Å²) >= 11 is 0. The van der Waals surface area contributed by atoms with Crippen LogP contribution in [0.25, 0.3) is 0 Å². The summed E-state index contributed by atoms with van der Waals surface area (Å²) < 4.78 is 21.7. The highest BCUT2D eigenvalue weighted by molar-refractivity contribution is 4.98. The van der Waals surface area contributed by atoms with Crippen molar-refractivity contribution in [1.29, 1.82) is 0 Å². The summed E-state index contributed by atoms with van der Waals surface area (Å²) in [5, 5.41) is 6.14. The molecule has 0 saturated carbocycles. The third-order valence-electron chi connectivity index (χ3n) is 3.08. The first-order valence-corrected chi connectivity index (χ1v) is 8.94.